The highest BCUT2D eigenvalue weighted by Gasteiger charge is 2.40. The van der Waals surface area contributed by atoms with Gasteiger partial charge >= 0.3 is 53.7 Å². The predicted molar refractivity (Wildman–Crippen MR) is 376 cm³/mol. The SMILES string of the molecule is CC(=O)CCC(=O)[C@H](CC(C)C)NC(=O)[C@@H]1CCCN1C(=O)COCCCC(=O)[C@@H](CCC(=O)O)NC(=O)[C@@H](CCC(=O)O)CC(=O)[C@@H](CCC(=O)O)NC(=O)[C@@H](CCC(=O)O)CC(=O)[C@@H](CCC(=O)O)NC(=O)[C@@H](CCC(=O)O)CC(=O)[C@@H](CCC(=O)O)NC(=O)[C@@H](CCC(=O)O)CC(=O)[C@@H](CCC(=O)O)NC(C)=O. The molecule has 0 unspecified atom stereocenters. The van der Waals surface area contributed by atoms with Crippen molar-refractivity contribution < 1.29 is 161 Å². The van der Waals surface area contributed by atoms with Crippen LogP contribution in [0.4, 0.5) is 0 Å². The van der Waals surface area contributed by atoms with Crippen LogP contribution in [0.5, 0.6) is 0 Å². The molecule has 0 aromatic heterocycles. The van der Waals surface area contributed by atoms with Crippen LogP contribution in [-0.4, -0.2) is 248 Å². The number of ether oxygens (including phenoxy) is 1. The number of carbonyl (C=O) groups is 23. The van der Waals surface area contributed by atoms with Gasteiger partial charge in [0.25, 0.3) is 0 Å². The lowest BCUT2D eigenvalue weighted by molar-refractivity contribution is -0.142. The number of nitrogens with one attached hydrogen (secondary N) is 6. The van der Waals surface area contributed by atoms with Crippen LogP contribution in [0.15, 0.2) is 0 Å². The molecule has 0 radical (unpaired) electrons. The number of hydrogen-bond donors (Lipinski definition) is 15. The minimum atomic E-state index is -2.01. The smallest absolute Gasteiger partial charge is 0.303 e. The summed E-state index contributed by atoms with van der Waals surface area (Å²) in [5.41, 5.74) is 0. The van der Waals surface area contributed by atoms with Gasteiger partial charge in [-0.05, 0) is 96.3 Å². The Hall–Kier alpha value is -10.8. The molecule has 1 saturated heterocycles. The fourth-order valence-electron chi connectivity index (χ4n) is 11.9. The van der Waals surface area contributed by atoms with Crippen molar-refractivity contribution in [2.24, 2.45) is 29.6 Å². The second kappa shape index (κ2) is 51.5. The summed E-state index contributed by atoms with van der Waals surface area (Å²) >= 11 is 0. The van der Waals surface area contributed by atoms with Gasteiger partial charge in [0.05, 0.1) is 36.3 Å². The van der Waals surface area contributed by atoms with Crippen LogP contribution in [-0.2, 0) is 115 Å². The van der Waals surface area contributed by atoms with E-state index in [0.29, 0.717) is 6.42 Å². The van der Waals surface area contributed by atoms with E-state index in [-0.39, 0.29) is 62.7 Å². The molecule has 7 amide bonds. The lowest BCUT2D eigenvalue weighted by Crippen LogP contribution is -2.51. The molecule has 40 heteroatoms. The van der Waals surface area contributed by atoms with Crippen molar-refractivity contribution in [1.82, 2.24) is 36.8 Å². The molecule has 1 aliphatic heterocycles. The molecule has 620 valence electrons. The summed E-state index contributed by atoms with van der Waals surface area (Å²) in [7, 11) is 0. The summed E-state index contributed by atoms with van der Waals surface area (Å²) in [6, 6.07) is -10.9. The molecule has 111 heavy (non-hydrogen) atoms. The molecule has 0 aromatic rings. The molecule has 0 bridgehead atoms. The molecule has 0 aliphatic carbocycles. The van der Waals surface area contributed by atoms with E-state index in [0.717, 1.165) is 6.92 Å². The number of likely N-dealkylation sites (tertiary alicyclic amines) is 1. The summed E-state index contributed by atoms with van der Waals surface area (Å²) < 4.78 is 5.53. The molecule has 1 rings (SSSR count). The molecule has 1 fully saturated rings. The van der Waals surface area contributed by atoms with E-state index < -0.39 is 344 Å². The first-order valence-electron chi connectivity index (χ1n) is 36.2. The zero-order valence-electron chi connectivity index (χ0n) is 62.3. The average Bonchev–Trinajstić information content (AvgIpc) is 1.80. The third-order valence-electron chi connectivity index (χ3n) is 17.9. The topological polar surface area (TPSA) is 659 Å². The minimum absolute atomic E-state index is 0.0127. The van der Waals surface area contributed by atoms with E-state index in [1.807, 2.05) is 13.8 Å². The van der Waals surface area contributed by atoms with Crippen LogP contribution in [0.3, 0.4) is 0 Å². The number of carboxylic acids is 9. The van der Waals surface area contributed by atoms with E-state index in [1.54, 1.807) is 0 Å². The largest absolute Gasteiger partial charge is 0.481 e. The van der Waals surface area contributed by atoms with Crippen LogP contribution in [0.1, 0.15) is 214 Å². The van der Waals surface area contributed by atoms with Gasteiger partial charge < -0.3 is 92.3 Å². The number of carbonyl (C=O) groups excluding carboxylic acids is 14. The fraction of sp³-hybridized carbons (Fsp3) is 0.676. The van der Waals surface area contributed by atoms with Gasteiger partial charge in [-0.2, -0.15) is 0 Å². The summed E-state index contributed by atoms with van der Waals surface area (Å²) in [6.45, 7) is 5.33. The molecule has 1 aliphatic rings. The Bertz CT molecular complexity index is 3390. The number of carboxylic acid groups (broad SMARTS) is 9. The van der Waals surface area contributed by atoms with Gasteiger partial charge in [-0.1, -0.05) is 13.8 Å². The summed E-state index contributed by atoms with van der Waals surface area (Å²) in [5.74, 6) is -33.9. The van der Waals surface area contributed by atoms with Crippen molar-refractivity contribution in [3.05, 3.63) is 0 Å². The minimum Gasteiger partial charge on any atom is -0.481 e. The number of amides is 7. The number of rotatable bonds is 63. The number of Topliss-reactive ketones (excluding diaryl/α,β-unsaturated/α-hetero) is 7. The Morgan fingerprint density at radius 2 is 0.640 bits per heavy atom. The lowest BCUT2D eigenvalue weighted by Gasteiger charge is -2.27. The average molecular weight is 1580 g/mol. The van der Waals surface area contributed by atoms with E-state index in [1.165, 1.54) is 11.8 Å². The van der Waals surface area contributed by atoms with E-state index in [4.69, 9.17) is 4.74 Å². The number of ketones is 7. The molecule has 0 aromatic carbocycles. The molecule has 11 atom stereocenters. The second-order valence-electron chi connectivity index (χ2n) is 27.6. The second-order valence-corrected chi connectivity index (χ2v) is 27.6. The van der Waals surface area contributed by atoms with Crippen LogP contribution in [0, 0.1) is 29.6 Å². The first-order chi connectivity index (χ1) is 51.9. The van der Waals surface area contributed by atoms with Crippen molar-refractivity contribution in [2.75, 3.05) is 19.8 Å². The highest BCUT2D eigenvalue weighted by atomic mass is 16.5. The van der Waals surface area contributed by atoms with E-state index in [9.17, 15) is 156 Å². The van der Waals surface area contributed by atoms with Gasteiger partial charge in [0, 0.05) is 146 Å². The molecule has 15 N–H and O–H groups in total. The zero-order chi connectivity index (χ0) is 84.4. The first kappa shape index (κ1) is 98.2. The van der Waals surface area contributed by atoms with E-state index >= 15 is 0 Å². The molecule has 40 nitrogen and oxygen atoms in total. The molecule has 0 spiro atoms. The summed E-state index contributed by atoms with van der Waals surface area (Å²) in [5, 5.41) is 100. The van der Waals surface area contributed by atoms with Crippen LogP contribution in [0.2, 0.25) is 0 Å². The lowest BCUT2D eigenvalue weighted by atomic mass is 9.88. The number of nitrogens with zero attached hydrogens (tertiary/aromatic N) is 1. The fourth-order valence-corrected chi connectivity index (χ4v) is 11.9. The van der Waals surface area contributed by atoms with Crippen LogP contribution in [0.25, 0.3) is 0 Å². The third kappa shape index (κ3) is 42.1. The predicted octanol–water partition coefficient (Wildman–Crippen LogP) is 0.341. The highest BCUT2D eigenvalue weighted by molar-refractivity contribution is 6.00. The monoisotopic (exact) mass is 1580 g/mol. The maximum atomic E-state index is 14.4. The van der Waals surface area contributed by atoms with Crippen LogP contribution >= 0.6 is 0 Å². The zero-order valence-corrected chi connectivity index (χ0v) is 62.3. The highest BCUT2D eigenvalue weighted by Crippen LogP contribution is 2.25. The third-order valence-corrected chi connectivity index (χ3v) is 17.9. The molecule has 0 saturated carbocycles. The number of aliphatic carboxylic acids is 9. The van der Waals surface area contributed by atoms with Crippen LogP contribution < -0.4 is 31.9 Å². The maximum absolute atomic E-state index is 14.4. The quantitative estimate of drug-likeness (QED) is 0.0365. The van der Waals surface area contributed by atoms with Gasteiger partial charge in [0.1, 0.15) is 18.4 Å². The Balaban J connectivity index is 3.61. The number of hydrogen-bond acceptors (Lipinski definition) is 24. The van der Waals surface area contributed by atoms with Gasteiger partial charge in [0.2, 0.25) is 41.4 Å². The van der Waals surface area contributed by atoms with Gasteiger partial charge in [-0.15, -0.1) is 0 Å². The van der Waals surface area contributed by atoms with Crippen molar-refractivity contribution in [2.45, 2.75) is 256 Å². The standard InChI is InChI=1S/C71H103N7O33/c1-37(2)31-49(52(82)19-9-38(3)79)77-71(110)50-7-5-29-78(50)57(87)36-111-30-6-8-51(81)44(14-24-62(96)97)73-67(106)41(11-21-59(90)91)33-54(84)46(16-26-64(100)101)75-69(108)43(13-23-61(94)95)35-56(86)48(18-28-66(104)105)76-70(109)42(12-22-60(92)93)34-55(85)47(17-27-65(102)103)74-68(107)40(10-20-58(88)89)32-53(83)45(72-39(4)80)15-25-63(98)99/h37,40-50H,5-36H2,1-4H3,(H,72,80)(H,73,106)(H,74,107)(H,75,108)(H,76,109)(H,77,110)(H,88,89)(H,90,91)(H,92,93)(H,94,95)(H,96,97)(H,98,99)(H,100,101)(H,102,103)(H,104,105)/t40-,41-,42-,43-,44+,45+,46+,47+,48+,49-,50-/m0/s1. The van der Waals surface area contributed by atoms with Crippen molar-refractivity contribution in [3.8, 4) is 0 Å². The molecule has 1 heterocycles. The van der Waals surface area contributed by atoms with Gasteiger partial charge in [-0.3, -0.25) is 105 Å². The Labute approximate surface area is 636 Å². The van der Waals surface area contributed by atoms with E-state index in [2.05, 4.69) is 31.9 Å². The molecular formula is C71H103N7O33. The van der Waals surface area contributed by atoms with Crippen molar-refractivity contribution in [1.29, 1.82) is 0 Å². The van der Waals surface area contributed by atoms with Gasteiger partial charge in [0.15, 0.2) is 34.7 Å². The summed E-state index contributed by atoms with van der Waals surface area (Å²) in [6.07, 6.45) is -17.7. The first-order valence-corrected chi connectivity index (χ1v) is 36.2. The maximum Gasteiger partial charge on any atom is 0.303 e. The Kier molecular flexibility index (Phi) is 45.6. The molecular weight excluding hydrogens is 1480 g/mol. The Morgan fingerprint density at radius 3 is 0.928 bits per heavy atom. The van der Waals surface area contributed by atoms with Crippen molar-refractivity contribution >= 4 is 136 Å². The summed E-state index contributed by atoms with van der Waals surface area (Å²) in [4.78, 5) is 297. The van der Waals surface area contributed by atoms with Crippen molar-refractivity contribution in [3.63, 3.8) is 0 Å². The Morgan fingerprint density at radius 1 is 0.351 bits per heavy atom. The van der Waals surface area contributed by atoms with Gasteiger partial charge in [-0.25, -0.2) is 0 Å². The normalized spacial score (nSPS) is 15.1.